The van der Waals surface area contributed by atoms with Gasteiger partial charge in [-0.15, -0.1) is 0 Å². The Morgan fingerprint density at radius 2 is 1.88 bits per heavy atom. The third kappa shape index (κ3) is 5.17. The van der Waals surface area contributed by atoms with Crippen molar-refractivity contribution in [1.29, 1.82) is 0 Å². The van der Waals surface area contributed by atoms with Crippen molar-refractivity contribution in [3.63, 3.8) is 0 Å². The number of benzene rings is 2. The van der Waals surface area contributed by atoms with Gasteiger partial charge in [0.25, 0.3) is 11.8 Å². The van der Waals surface area contributed by atoms with Gasteiger partial charge in [0.05, 0.1) is 25.6 Å². The molecule has 11 heteroatoms. The molecule has 3 heterocycles. The zero-order chi connectivity index (χ0) is 27.9. The highest BCUT2D eigenvalue weighted by atomic mass is 19.3. The monoisotopic (exact) mass is 546 g/mol. The largest absolute Gasteiger partial charge is 0.324 e. The Morgan fingerprint density at radius 1 is 1.10 bits per heavy atom. The van der Waals surface area contributed by atoms with E-state index in [2.05, 4.69) is 32.9 Å². The van der Waals surface area contributed by atoms with Crippen LogP contribution in [0.15, 0.2) is 59.7 Å². The number of hydrogen-bond acceptors (Lipinski definition) is 7. The average molecular weight is 547 g/mol. The molecule has 0 spiro atoms. The third-order valence-electron chi connectivity index (χ3n) is 7.38. The molecule has 4 aromatic rings. The average Bonchev–Trinajstić information content (AvgIpc) is 3.40. The van der Waals surface area contributed by atoms with Gasteiger partial charge in [-0.2, -0.15) is 4.98 Å². The summed E-state index contributed by atoms with van der Waals surface area (Å²) in [6.45, 7) is 0.225. The van der Waals surface area contributed by atoms with E-state index in [0.717, 1.165) is 36.2 Å². The first kappa shape index (κ1) is 26.0. The highest BCUT2D eigenvalue weighted by Gasteiger charge is 2.43. The third-order valence-corrected chi connectivity index (χ3v) is 7.38. The molecule has 206 valence electrons. The lowest BCUT2D eigenvalue weighted by atomic mass is 10.1. The zero-order valence-corrected chi connectivity index (χ0v) is 21.9. The Labute approximate surface area is 228 Å². The fourth-order valence-corrected chi connectivity index (χ4v) is 5.32. The molecule has 6 rings (SSSR count). The predicted molar refractivity (Wildman–Crippen MR) is 146 cm³/mol. The highest BCUT2D eigenvalue weighted by Crippen LogP contribution is 2.28. The number of fused-ring (bicyclic) bond motifs is 2. The molecular formula is C29H28F2N6O3. The maximum absolute atomic E-state index is 13.2. The second kappa shape index (κ2) is 10.4. The molecule has 9 nitrogen and oxygen atoms in total. The Balaban J connectivity index is 1.30. The van der Waals surface area contributed by atoms with Crippen LogP contribution < -0.4 is 16.2 Å². The Hall–Kier alpha value is -4.22. The number of hydrogen-bond donors (Lipinski definition) is 2. The highest BCUT2D eigenvalue weighted by molar-refractivity contribution is 5.96. The quantitative estimate of drug-likeness (QED) is 0.324. The van der Waals surface area contributed by atoms with Crippen LogP contribution in [0.1, 0.15) is 33.5 Å². The van der Waals surface area contributed by atoms with Crippen LogP contribution in [-0.4, -0.2) is 58.0 Å². The van der Waals surface area contributed by atoms with Gasteiger partial charge in [-0.3, -0.25) is 19.3 Å². The van der Waals surface area contributed by atoms with Gasteiger partial charge >= 0.3 is 0 Å². The summed E-state index contributed by atoms with van der Waals surface area (Å²) in [5, 5.41) is 3.37. The van der Waals surface area contributed by atoms with Crippen molar-refractivity contribution in [2.24, 2.45) is 0 Å². The van der Waals surface area contributed by atoms with E-state index in [0.29, 0.717) is 18.6 Å². The van der Waals surface area contributed by atoms with Gasteiger partial charge in [0.1, 0.15) is 5.56 Å². The van der Waals surface area contributed by atoms with E-state index in [9.17, 15) is 18.4 Å². The van der Waals surface area contributed by atoms with Crippen molar-refractivity contribution < 1.29 is 18.4 Å². The summed E-state index contributed by atoms with van der Waals surface area (Å²) in [6, 6.07) is 13.7. The molecule has 1 fully saturated rings. The van der Waals surface area contributed by atoms with E-state index in [1.54, 1.807) is 9.47 Å². The summed E-state index contributed by atoms with van der Waals surface area (Å²) in [5.74, 6) is -2.93. The number of rotatable bonds is 8. The van der Waals surface area contributed by atoms with E-state index in [-0.39, 0.29) is 30.0 Å². The number of aryl methyl sites for hydroxylation is 2. The number of anilines is 2. The first-order valence-electron chi connectivity index (χ1n) is 13.1. The van der Waals surface area contributed by atoms with Gasteiger partial charge in [0.15, 0.2) is 5.65 Å². The van der Waals surface area contributed by atoms with Gasteiger partial charge in [-0.05, 0) is 66.6 Å². The normalized spacial score (nSPS) is 16.0. The predicted octanol–water partition coefficient (Wildman–Crippen LogP) is 3.80. The van der Waals surface area contributed by atoms with Crippen molar-refractivity contribution in [3.05, 3.63) is 87.3 Å². The molecule has 40 heavy (non-hydrogen) atoms. The number of amides is 1. The number of pyridine rings is 1. The molecule has 0 radical (unpaired) electrons. The van der Waals surface area contributed by atoms with Gasteiger partial charge in [-0.1, -0.05) is 18.2 Å². The fraction of sp³-hybridized carbons (Fsp3) is 0.310. The molecule has 0 bridgehead atoms. The summed E-state index contributed by atoms with van der Waals surface area (Å²) in [7, 11) is 1.30. The molecule has 1 amide bonds. The van der Waals surface area contributed by atoms with Crippen LogP contribution >= 0.6 is 0 Å². The second-order valence-corrected chi connectivity index (χ2v) is 10.3. The minimum absolute atomic E-state index is 0.0864. The maximum atomic E-state index is 13.2. The van der Waals surface area contributed by atoms with E-state index < -0.39 is 17.3 Å². The van der Waals surface area contributed by atoms with Crippen molar-refractivity contribution in [3.8, 4) is 5.69 Å². The minimum atomic E-state index is -2.56. The van der Waals surface area contributed by atoms with Gasteiger partial charge in [0, 0.05) is 30.3 Å². The van der Waals surface area contributed by atoms with Crippen LogP contribution in [0.25, 0.3) is 16.7 Å². The topological polar surface area (TPSA) is 101 Å². The number of halogens is 2. The lowest BCUT2D eigenvalue weighted by molar-refractivity contribution is -0.129. The minimum Gasteiger partial charge on any atom is -0.324 e. The lowest BCUT2D eigenvalue weighted by Gasteiger charge is -2.38. The van der Waals surface area contributed by atoms with Crippen molar-refractivity contribution in [2.45, 2.75) is 31.6 Å². The van der Waals surface area contributed by atoms with E-state index in [4.69, 9.17) is 4.84 Å². The molecular weight excluding hydrogens is 518 g/mol. The molecule has 2 aromatic heterocycles. The van der Waals surface area contributed by atoms with Crippen LogP contribution in [0.5, 0.6) is 0 Å². The SMILES string of the molecule is CONC(=O)c1cn(-c2ccc3c(c2)CCC3)c2nc(Nc3ccc(CCN4CC(F)(F)C4)cc3)ncc2c1=O. The molecule has 1 saturated heterocycles. The fourth-order valence-electron chi connectivity index (χ4n) is 5.32. The number of hydroxylamine groups is 1. The Morgan fingerprint density at radius 3 is 2.62 bits per heavy atom. The number of carbonyl (C=O) groups is 1. The first-order chi connectivity index (χ1) is 19.3. The van der Waals surface area contributed by atoms with Crippen LogP contribution in [0.2, 0.25) is 0 Å². The number of likely N-dealkylation sites (tertiary alicyclic amines) is 1. The zero-order valence-electron chi connectivity index (χ0n) is 21.9. The van der Waals surface area contributed by atoms with Gasteiger partial charge in [0.2, 0.25) is 11.4 Å². The standard InChI is InChI=1S/C29H28F2N6O3/c1-40-35-27(39)24-15-37(22-10-7-19-3-2-4-20(19)13-22)26-23(25(24)38)14-32-28(34-26)33-21-8-5-18(6-9-21)11-12-36-16-29(30,31)17-36/h5-10,13-15H,2-4,11-12,16-17H2,1H3,(H,35,39)(H,32,33,34). The second-order valence-electron chi connectivity index (χ2n) is 10.3. The molecule has 1 aliphatic heterocycles. The Kier molecular flexibility index (Phi) is 6.77. The smallest absolute Gasteiger partial charge is 0.280 e. The van der Waals surface area contributed by atoms with E-state index in [1.165, 1.54) is 30.6 Å². The molecule has 2 aliphatic rings. The first-order valence-corrected chi connectivity index (χ1v) is 13.1. The summed E-state index contributed by atoms with van der Waals surface area (Å²) in [5.41, 5.74) is 7.08. The van der Waals surface area contributed by atoms with E-state index in [1.807, 2.05) is 30.3 Å². The van der Waals surface area contributed by atoms with Crippen LogP contribution in [-0.2, 0) is 24.1 Å². The number of alkyl halides is 2. The van der Waals surface area contributed by atoms with Crippen LogP contribution in [0.3, 0.4) is 0 Å². The van der Waals surface area contributed by atoms with Crippen LogP contribution in [0, 0.1) is 0 Å². The molecule has 0 atom stereocenters. The Bertz CT molecular complexity index is 1650. The van der Waals surface area contributed by atoms with Crippen molar-refractivity contribution in [1.82, 2.24) is 24.9 Å². The van der Waals surface area contributed by atoms with Gasteiger partial charge < -0.3 is 9.88 Å². The van der Waals surface area contributed by atoms with Crippen LogP contribution in [0.4, 0.5) is 20.4 Å². The maximum Gasteiger partial charge on any atom is 0.280 e. The number of carbonyl (C=O) groups excluding carboxylic acids is 1. The number of aromatic nitrogens is 3. The van der Waals surface area contributed by atoms with Crippen molar-refractivity contribution >= 4 is 28.6 Å². The van der Waals surface area contributed by atoms with Gasteiger partial charge in [-0.25, -0.2) is 19.2 Å². The van der Waals surface area contributed by atoms with Crippen molar-refractivity contribution in [2.75, 3.05) is 32.1 Å². The summed E-state index contributed by atoms with van der Waals surface area (Å²) in [4.78, 5) is 41.3. The number of nitrogens with zero attached hydrogens (tertiary/aromatic N) is 4. The number of nitrogens with one attached hydrogen (secondary N) is 2. The molecule has 0 unspecified atom stereocenters. The molecule has 1 aliphatic carbocycles. The lowest BCUT2D eigenvalue weighted by Crippen LogP contribution is -2.56. The summed E-state index contributed by atoms with van der Waals surface area (Å²) in [6.07, 6.45) is 6.67. The summed E-state index contributed by atoms with van der Waals surface area (Å²) < 4.78 is 27.8. The summed E-state index contributed by atoms with van der Waals surface area (Å²) >= 11 is 0. The molecule has 2 N–H and O–H groups in total. The molecule has 0 saturated carbocycles. The van der Waals surface area contributed by atoms with E-state index >= 15 is 0 Å². The molecule has 2 aromatic carbocycles.